The van der Waals surface area contributed by atoms with Crippen LogP contribution in [0.2, 0.25) is 0 Å². The Morgan fingerprint density at radius 2 is 1.74 bits per heavy atom. The van der Waals surface area contributed by atoms with Gasteiger partial charge in [0.15, 0.2) is 0 Å². The molecule has 1 saturated heterocycles. The molecule has 1 aromatic heterocycles. The molecule has 23 heavy (non-hydrogen) atoms. The van der Waals surface area contributed by atoms with Gasteiger partial charge in [0.05, 0.1) is 0 Å². The Morgan fingerprint density at radius 1 is 1.00 bits per heavy atom. The van der Waals surface area contributed by atoms with Crippen LogP contribution in [0.1, 0.15) is 11.1 Å². The Morgan fingerprint density at radius 3 is 2.39 bits per heavy atom. The standard InChI is InChI=1S/C17H21N3O2S/c1-14-5-3-7-17(15(14)2)19-9-11-20(12-10-19)23(21,22)16-6-4-8-18-13-16/h3-8,13H,9-12H2,1-2H3. The van der Waals surface area contributed by atoms with Crippen molar-refractivity contribution in [2.75, 3.05) is 31.1 Å². The number of piperazine rings is 1. The molecule has 0 radical (unpaired) electrons. The maximum absolute atomic E-state index is 12.6. The molecule has 0 aliphatic carbocycles. The molecule has 0 atom stereocenters. The quantitative estimate of drug-likeness (QED) is 0.865. The van der Waals surface area contributed by atoms with Crippen LogP contribution < -0.4 is 4.90 Å². The minimum Gasteiger partial charge on any atom is -0.369 e. The number of sulfonamides is 1. The number of aryl methyl sites for hydroxylation is 1. The first-order valence-electron chi connectivity index (χ1n) is 7.71. The van der Waals surface area contributed by atoms with Crippen LogP contribution in [0.25, 0.3) is 0 Å². The third-order valence-electron chi connectivity index (χ3n) is 4.43. The molecule has 1 aromatic carbocycles. The highest BCUT2D eigenvalue weighted by Gasteiger charge is 2.29. The van der Waals surface area contributed by atoms with Crippen molar-refractivity contribution in [3.05, 3.63) is 53.9 Å². The zero-order valence-corrected chi connectivity index (χ0v) is 14.3. The van der Waals surface area contributed by atoms with Gasteiger partial charge in [0.2, 0.25) is 10.0 Å². The van der Waals surface area contributed by atoms with Crippen LogP contribution in [0.5, 0.6) is 0 Å². The maximum atomic E-state index is 12.6. The summed E-state index contributed by atoms with van der Waals surface area (Å²) in [4.78, 5) is 6.44. The highest BCUT2D eigenvalue weighted by atomic mass is 32.2. The van der Waals surface area contributed by atoms with E-state index in [2.05, 4.69) is 41.9 Å². The minimum absolute atomic E-state index is 0.264. The average Bonchev–Trinajstić information content (AvgIpc) is 2.58. The van der Waals surface area contributed by atoms with E-state index in [9.17, 15) is 8.42 Å². The Balaban J connectivity index is 1.75. The van der Waals surface area contributed by atoms with Crippen molar-refractivity contribution in [1.29, 1.82) is 0 Å². The summed E-state index contributed by atoms with van der Waals surface area (Å²) < 4.78 is 26.8. The fourth-order valence-electron chi connectivity index (χ4n) is 2.90. The smallest absolute Gasteiger partial charge is 0.244 e. The first kappa shape index (κ1) is 16.0. The van der Waals surface area contributed by atoms with Crippen molar-refractivity contribution in [2.24, 2.45) is 0 Å². The van der Waals surface area contributed by atoms with E-state index >= 15 is 0 Å². The zero-order chi connectivity index (χ0) is 16.4. The van der Waals surface area contributed by atoms with Crippen LogP contribution in [0.4, 0.5) is 5.69 Å². The zero-order valence-electron chi connectivity index (χ0n) is 13.4. The largest absolute Gasteiger partial charge is 0.369 e. The highest BCUT2D eigenvalue weighted by Crippen LogP contribution is 2.25. The van der Waals surface area contributed by atoms with E-state index in [1.54, 1.807) is 22.6 Å². The molecule has 2 aromatic rings. The third-order valence-corrected chi connectivity index (χ3v) is 6.31. The van der Waals surface area contributed by atoms with Gasteiger partial charge in [0, 0.05) is 44.3 Å². The van der Waals surface area contributed by atoms with Crippen LogP contribution >= 0.6 is 0 Å². The van der Waals surface area contributed by atoms with Gasteiger partial charge in [0.1, 0.15) is 4.90 Å². The molecule has 3 rings (SSSR count). The van der Waals surface area contributed by atoms with Crippen molar-refractivity contribution >= 4 is 15.7 Å². The minimum atomic E-state index is -3.44. The fraction of sp³-hybridized carbons (Fsp3) is 0.353. The van der Waals surface area contributed by atoms with E-state index in [1.807, 2.05) is 0 Å². The second-order valence-corrected chi connectivity index (χ2v) is 7.74. The predicted octanol–water partition coefficient (Wildman–Crippen LogP) is 2.21. The van der Waals surface area contributed by atoms with Gasteiger partial charge in [-0.15, -0.1) is 0 Å². The number of rotatable bonds is 3. The Hall–Kier alpha value is -1.92. The van der Waals surface area contributed by atoms with Gasteiger partial charge in [-0.2, -0.15) is 4.31 Å². The number of anilines is 1. The van der Waals surface area contributed by atoms with Crippen molar-refractivity contribution in [3.8, 4) is 0 Å². The van der Waals surface area contributed by atoms with Gasteiger partial charge in [-0.25, -0.2) is 8.42 Å². The second kappa shape index (κ2) is 6.29. The van der Waals surface area contributed by atoms with Gasteiger partial charge in [0.25, 0.3) is 0 Å². The number of nitrogens with zero attached hydrogens (tertiary/aromatic N) is 3. The van der Waals surface area contributed by atoms with Gasteiger partial charge >= 0.3 is 0 Å². The van der Waals surface area contributed by atoms with Crippen molar-refractivity contribution < 1.29 is 8.42 Å². The molecular formula is C17H21N3O2S. The Labute approximate surface area is 137 Å². The lowest BCUT2D eigenvalue weighted by Gasteiger charge is -2.36. The van der Waals surface area contributed by atoms with Crippen LogP contribution in [-0.4, -0.2) is 43.9 Å². The van der Waals surface area contributed by atoms with E-state index in [4.69, 9.17) is 0 Å². The van der Waals surface area contributed by atoms with Gasteiger partial charge in [-0.05, 0) is 43.2 Å². The maximum Gasteiger partial charge on any atom is 0.244 e. The number of aromatic nitrogens is 1. The highest BCUT2D eigenvalue weighted by molar-refractivity contribution is 7.89. The summed E-state index contributed by atoms with van der Waals surface area (Å²) in [5.41, 5.74) is 3.72. The van der Waals surface area contributed by atoms with Gasteiger partial charge in [-0.3, -0.25) is 4.98 Å². The van der Waals surface area contributed by atoms with Crippen LogP contribution in [0.15, 0.2) is 47.6 Å². The molecule has 5 nitrogen and oxygen atoms in total. The van der Waals surface area contributed by atoms with E-state index in [0.717, 1.165) is 0 Å². The number of hydrogen-bond donors (Lipinski definition) is 0. The lowest BCUT2D eigenvalue weighted by atomic mass is 10.1. The fourth-order valence-corrected chi connectivity index (χ4v) is 4.28. The number of pyridine rings is 1. The summed E-state index contributed by atoms with van der Waals surface area (Å²) in [6.45, 7) is 6.59. The van der Waals surface area contributed by atoms with Crippen LogP contribution in [0.3, 0.4) is 0 Å². The van der Waals surface area contributed by atoms with Gasteiger partial charge in [-0.1, -0.05) is 12.1 Å². The summed E-state index contributed by atoms with van der Waals surface area (Å²) in [5.74, 6) is 0. The first-order chi connectivity index (χ1) is 11.0. The predicted molar refractivity (Wildman–Crippen MR) is 91.1 cm³/mol. The molecule has 0 bridgehead atoms. The Kier molecular flexibility index (Phi) is 4.37. The molecule has 1 fully saturated rings. The monoisotopic (exact) mass is 331 g/mol. The molecule has 0 saturated carbocycles. The third kappa shape index (κ3) is 3.09. The molecule has 1 aliphatic heterocycles. The summed E-state index contributed by atoms with van der Waals surface area (Å²) in [6.07, 6.45) is 2.99. The number of benzene rings is 1. The number of hydrogen-bond acceptors (Lipinski definition) is 4. The lowest BCUT2D eigenvalue weighted by Crippen LogP contribution is -2.48. The second-order valence-electron chi connectivity index (χ2n) is 5.80. The van der Waals surface area contributed by atoms with E-state index in [-0.39, 0.29) is 4.90 Å². The summed E-state index contributed by atoms with van der Waals surface area (Å²) >= 11 is 0. The lowest BCUT2D eigenvalue weighted by molar-refractivity contribution is 0.384. The summed E-state index contributed by atoms with van der Waals surface area (Å²) in [6, 6.07) is 9.50. The first-order valence-corrected chi connectivity index (χ1v) is 9.15. The summed E-state index contributed by atoms with van der Waals surface area (Å²) in [7, 11) is -3.44. The molecule has 122 valence electrons. The van der Waals surface area contributed by atoms with Crippen molar-refractivity contribution in [1.82, 2.24) is 9.29 Å². The molecule has 0 N–H and O–H groups in total. The van der Waals surface area contributed by atoms with Crippen molar-refractivity contribution in [3.63, 3.8) is 0 Å². The molecule has 1 aliphatic rings. The summed E-state index contributed by atoms with van der Waals surface area (Å²) in [5, 5.41) is 0. The topological polar surface area (TPSA) is 53.5 Å². The molecular weight excluding hydrogens is 310 g/mol. The van der Waals surface area contributed by atoms with E-state index in [1.165, 1.54) is 23.0 Å². The van der Waals surface area contributed by atoms with E-state index < -0.39 is 10.0 Å². The van der Waals surface area contributed by atoms with Crippen LogP contribution in [-0.2, 0) is 10.0 Å². The molecule has 0 unspecified atom stereocenters. The van der Waals surface area contributed by atoms with Crippen LogP contribution in [0, 0.1) is 13.8 Å². The normalized spacial score (nSPS) is 16.5. The average molecular weight is 331 g/mol. The Bertz CT molecular complexity index is 783. The molecule has 6 heteroatoms. The van der Waals surface area contributed by atoms with E-state index in [0.29, 0.717) is 26.2 Å². The molecule has 0 amide bonds. The molecule has 2 heterocycles. The molecule has 0 spiro atoms. The SMILES string of the molecule is Cc1cccc(N2CCN(S(=O)(=O)c3cccnc3)CC2)c1C. The van der Waals surface area contributed by atoms with Gasteiger partial charge < -0.3 is 4.90 Å². The van der Waals surface area contributed by atoms with Crippen molar-refractivity contribution in [2.45, 2.75) is 18.7 Å².